The Balaban J connectivity index is 2.34. The summed E-state index contributed by atoms with van der Waals surface area (Å²) in [6.45, 7) is 0. The van der Waals surface area contributed by atoms with Gasteiger partial charge in [0.15, 0.2) is 0 Å². The molecule has 2 aromatic rings. The van der Waals surface area contributed by atoms with E-state index in [9.17, 15) is 10.1 Å². The number of nitro groups is 1. The molecule has 0 saturated carbocycles. The van der Waals surface area contributed by atoms with Gasteiger partial charge in [0, 0.05) is 16.6 Å². The molecule has 16 heavy (non-hydrogen) atoms. The van der Waals surface area contributed by atoms with E-state index in [4.69, 9.17) is 0 Å². The van der Waals surface area contributed by atoms with Gasteiger partial charge in [0.25, 0.3) is 5.69 Å². The Bertz CT molecular complexity index is 506. The minimum absolute atomic E-state index is 0.112. The lowest BCUT2D eigenvalue weighted by atomic mass is 10.1. The van der Waals surface area contributed by atoms with Crippen LogP contribution in [0.25, 0.3) is 11.1 Å². The summed E-state index contributed by atoms with van der Waals surface area (Å²) in [4.78, 5) is 10.1. The summed E-state index contributed by atoms with van der Waals surface area (Å²) < 4.78 is 1.01. The standard InChI is InChI=1S/C12H8BrNO2/c13-11-5-1-9(2-6-11)10-3-7-12(8-4-10)14(15)16/h1-8H. The van der Waals surface area contributed by atoms with E-state index >= 15 is 0 Å². The molecule has 0 fully saturated rings. The topological polar surface area (TPSA) is 43.1 Å². The lowest BCUT2D eigenvalue weighted by Gasteiger charge is -2.01. The third kappa shape index (κ3) is 2.28. The predicted molar refractivity (Wildman–Crippen MR) is 66.2 cm³/mol. The number of halogens is 1. The van der Waals surface area contributed by atoms with Crippen molar-refractivity contribution in [2.75, 3.05) is 0 Å². The molecular weight excluding hydrogens is 270 g/mol. The van der Waals surface area contributed by atoms with Crippen LogP contribution in [0, 0.1) is 10.1 Å². The van der Waals surface area contributed by atoms with E-state index in [0.29, 0.717) is 0 Å². The minimum Gasteiger partial charge on any atom is -0.258 e. The van der Waals surface area contributed by atoms with Crippen molar-refractivity contribution in [1.29, 1.82) is 0 Å². The highest BCUT2D eigenvalue weighted by Gasteiger charge is 2.04. The maximum absolute atomic E-state index is 10.5. The Kier molecular flexibility index (Phi) is 3.01. The Morgan fingerprint density at radius 3 is 1.75 bits per heavy atom. The Labute approximate surface area is 101 Å². The normalized spacial score (nSPS) is 10.1. The van der Waals surface area contributed by atoms with E-state index in [-0.39, 0.29) is 5.69 Å². The first kappa shape index (κ1) is 10.8. The third-order valence-corrected chi connectivity index (χ3v) is 2.78. The number of rotatable bonds is 2. The Hall–Kier alpha value is -1.68. The molecule has 2 aromatic carbocycles. The van der Waals surface area contributed by atoms with Gasteiger partial charge in [0.1, 0.15) is 0 Å². The molecule has 0 aliphatic rings. The molecule has 0 saturated heterocycles. The maximum atomic E-state index is 10.5. The average Bonchev–Trinajstić information content (AvgIpc) is 2.30. The summed E-state index contributed by atoms with van der Waals surface area (Å²) in [5.74, 6) is 0. The van der Waals surface area contributed by atoms with Crippen LogP contribution in [0.15, 0.2) is 53.0 Å². The molecule has 80 valence electrons. The number of hydrogen-bond acceptors (Lipinski definition) is 2. The molecule has 0 spiro atoms. The van der Waals surface area contributed by atoms with E-state index in [1.54, 1.807) is 12.1 Å². The van der Waals surface area contributed by atoms with Crippen LogP contribution < -0.4 is 0 Å². The molecular formula is C12H8BrNO2. The molecule has 0 bridgehead atoms. The summed E-state index contributed by atoms with van der Waals surface area (Å²) in [7, 11) is 0. The second-order valence-electron chi connectivity index (χ2n) is 3.31. The van der Waals surface area contributed by atoms with Crippen LogP contribution in [0.3, 0.4) is 0 Å². The molecule has 0 radical (unpaired) electrons. The molecule has 0 aliphatic carbocycles. The van der Waals surface area contributed by atoms with E-state index < -0.39 is 4.92 Å². The number of nitro benzene ring substituents is 1. The first-order valence-corrected chi connectivity index (χ1v) is 5.46. The van der Waals surface area contributed by atoms with Crippen molar-refractivity contribution >= 4 is 21.6 Å². The molecule has 0 N–H and O–H groups in total. The van der Waals surface area contributed by atoms with Crippen molar-refractivity contribution in [3.8, 4) is 11.1 Å². The highest BCUT2D eigenvalue weighted by atomic mass is 79.9. The van der Waals surface area contributed by atoms with Gasteiger partial charge in [0.05, 0.1) is 4.92 Å². The summed E-state index contributed by atoms with van der Waals surface area (Å²) in [6, 6.07) is 14.3. The number of hydrogen-bond donors (Lipinski definition) is 0. The summed E-state index contributed by atoms with van der Waals surface area (Å²) in [5, 5.41) is 10.5. The zero-order valence-electron chi connectivity index (χ0n) is 8.26. The molecule has 0 heterocycles. The van der Waals surface area contributed by atoms with Gasteiger partial charge in [-0.2, -0.15) is 0 Å². The zero-order valence-corrected chi connectivity index (χ0v) is 9.85. The number of benzene rings is 2. The highest BCUT2D eigenvalue weighted by molar-refractivity contribution is 9.10. The SMILES string of the molecule is O=[N+]([O-])c1ccc(-c2ccc(Br)cc2)cc1. The second kappa shape index (κ2) is 4.45. The van der Waals surface area contributed by atoms with Crippen LogP contribution in [0.2, 0.25) is 0 Å². The molecule has 4 heteroatoms. The molecule has 0 unspecified atom stereocenters. The molecule has 2 rings (SSSR count). The van der Waals surface area contributed by atoms with Crippen LogP contribution >= 0.6 is 15.9 Å². The number of nitrogens with zero attached hydrogens (tertiary/aromatic N) is 1. The van der Waals surface area contributed by atoms with Crippen LogP contribution in [-0.2, 0) is 0 Å². The van der Waals surface area contributed by atoms with Gasteiger partial charge >= 0.3 is 0 Å². The van der Waals surface area contributed by atoms with Gasteiger partial charge in [-0.1, -0.05) is 28.1 Å². The van der Waals surface area contributed by atoms with Crippen molar-refractivity contribution in [3.05, 3.63) is 63.1 Å². The predicted octanol–water partition coefficient (Wildman–Crippen LogP) is 4.02. The second-order valence-corrected chi connectivity index (χ2v) is 4.23. The Morgan fingerprint density at radius 1 is 0.875 bits per heavy atom. The molecule has 0 atom stereocenters. The summed E-state index contributed by atoms with van der Waals surface area (Å²) in [6.07, 6.45) is 0. The van der Waals surface area contributed by atoms with E-state index in [2.05, 4.69) is 15.9 Å². The van der Waals surface area contributed by atoms with E-state index in [1.807, 2.05) is 24.3 Å². The molecule has 0 aliphatic heterocycles. The smallest absolute Gasteiger partial charge is 0.258 e. The van der Waals surface area contributed by atoms with Crippen molar-refractivity contribution in [1.82, 2.24) is 0 Å². The van der Waals surface area contributed by atoms with Gasteiger partial charge in [-0.25, -0.2) is 0 Å². The average molecular weight is 278 g/mol. The summed E-state index contributed by atoms with van der Waals surface area (Å²) >= 11 is 3.36. The fourth-order valence-electron chi connectivity index (χ4n) is 1.42. The monoisotopic (exact) mass is 277 g/mol. The fraction of sp³-hybridized carbons (Fsp3) is 0. The zero-order chi connectivity index (χ0) is 11.5. The molecule has 0 aromatic heterocycles. The van der Waals surface area contributed by atoms with Crippen LogP contribution in [0.1, 0.15) is 0 Å². The van der Waals surface area contributed by atoms with Gasteiger partial charge in [0.2, 0.25) is 0 Å². The van der Waals surface area contributed by atoms with Crippen molar-refractivity contribution < 1.29 is 4.92 Å². The van der Waals surface area contributed by atoms with Gasteiger partial charge in [-0.05, 0) is 35.4 Å². The molecule has 3 nitrogen and oxygen atoms in total. The third-order valence-electron chi connectivity index (χ3n) is 2.26. The Morgan fingerprint density at radius 2 is 1.31 bits per heavy atom. The lowest BCUT2D eigenvalue weighted by Crippen LogP contribution is -1.87. The maximum Gasteiger partial charge on any atom is 0.269 e. The van der Waals surface area contributed by atoms with Crippen molar-refractivity contribution in [3.63, 3.8) is 0 Å². The first-order valence-electron chi connectivity index (χ1n) is 4.67. The quantitative estimate of drug-likeness (QED) is 0.615. The first-order chi connectivity index (χ1) is 7.66. The van der Waals surface area contributed by atoms with Crippen LogP contribution in [-0.4, -0.2) is 4.92 Å². The van der Waals surface area contributed by atoms with E-state index in [1.165, 1.54) is 12.1 Å². The van der Waals surface area contributed by atoms with Crippen molar-refractivity contribution in [2.45, 2.75) is 0 Å². The van der Waals surface area contributed by atoms with E-state index in [0.717, 1.165) is 15.6 Å². The minimum atomic E-state index is -0.397. The fourth-order valence-corrected chi connectivity index (χ4v) is 1.68. The van der Waals surface area contributed by atoms with Gasteiger partial charge in [-0.3, -0.25) is 10.1 Å². The van der Waals surface area contributed by atoms with Crippen LogP contribution in [0.4, 0.5) is 5.69 Å². The highest BCUT2D eigenvalue weighted by Crippen LogP contribution is 2.23. The van der Waals surface area contributed by atoms with Gasteiger partial charge in [-0.15, -0.1) is 0 Å². The summed E-state index contributed by atoms with van der Waals surface area (Å²) in [5.41, 5.74) is 2.12. The van der Waals surface area contributed by atoms with Crippen LogP contribution in [0.5, 0.6) is 0 Å². The lowest BCUT2D eigenvalue weighted by molar-refractivity contribution is -0.384. The molecule has 0 amide bonds. The largest absolute Gasteiger partial charge is 0.269 e. The number of non-ortho nitro benzene ring substituents is 1. The van der Waals surface area contributed by atoms with Gasteiger partial charge < -0.3 is 0 Å². The van der Waals surface area contributed by atoms with Crippen molar-refractivity contribution in [2.24, 2.45) is 0 Å².